The molecule has 336 valence electrons. The number of aromatic nitrogens is 6. The second kappa shape index (κ2) is 16.5. The predicted molar refractivity (Wildman–Crippen MR) is 298 cm³/mol. The first kappa shape index (κ1) is 41.3. The van der Waals surface area contributed by atoms with Gasteiger partial charge in [-0.3, -0.25) is 9.13 Å². The summed E-state index contributed by atoms with van der Waals surface area (Å²) in [6.45, 7) is 8.00. The number of benzene rings is 10. The zero-order valence-corrected chi connectivity index (χ0v) is 39.8. The average Bonchev–Trinajstić information content (AvgIpc) is 4.09. The van der Waals surface area contributed by atoms with Crippen molar-refractivity contribution in [3.05, 3.63) is 260 Å². The highest BCUT2D eigenvalue weighted by molar-refractivity contribution is 7.19. The van der Waals surface area contributed by atoms with E-state index in [1.807, 2.05) is 24.3 Å². The number of hydrogen-bond donors (Lipinski definition) is 0. The Hall–Kier alpha value is -9.68. The van der Waals surface area contributed by atoms with Crippen molar-refractivity contribution >= 4 is 99.9 Å². The smallest absolute Gasteiger partial charge is 0.240 e. The molecule has 0 fully saturated rings. The molecule has 4 heterocycles. The molecule has 0 radical (unpaired) electrons. The van der Waals surface area contributed by atoms with E-state index in [4.69, 9.17) is 21.5 Å². The van der Waals surface area contributed by atoms with Gasteiger partial charge in [0.15, 0.2) is 19.6 Å². The van der Waals surface area contributed by atoms with Crippen molar-refractivity contribution < 1.29 is 0 Å². The van der Waals surface area contributed by atoms with Crippen LogP contribution < -0.4 is 20.7 Å². The molecule has 0 amide bonds. The monoisotopic (exact) mass is 935 g/mol. The Morgan fingerprint density at radius 3 is 1.22 bits per heavy atom. The minimum atomic E-state index is -2.81. The van der Waals surface area contributed by atoms with Gasteiger partial charge in [0, 0.05) is 49.1 Å². The molecule has 0 saturated carbocycles. The molecule has 0 N–H and O–H groups in total. The maximum atomic E-state index is 8.00. The molecule has 0 aliphatic heterocycles. The van der Waals surface area contributed by atoms with Crippen LogP contribution in [0.4, 0.5) is 5.69 Å². The fourth-order valence-corrected chi connectivity index (χ4v) is 16.1. The van der Waals surface area contributed by atoms with Gasteiger partial charge in [-0.25, -0.2) is 4.85 Å². The number of para-hydroxylation sites is 4. The molecule has 7 nitrogen and oxygen atoms in total. The lowest BCUT2D eigenvalue weighted by molar-refractivity contribution is 0.893. The number of nitrogens with zero attached hydrogens (tertiary/aromatic N) is 7. The maximum absolute atomic E-state index is 8.00. The summed E-state index contributed by atoms with van der Waals surface area (Å²) < 4.78 is 6.64. The Morgan fingerprint density at radius 1 is 0.319 bits per heavy atom. The third-order valence-corrected chi connectivity index (χ3v) is 19.3. The van der Waals surface area contributed by atoms with Gasteiger partial charge in [-0.05, 0) is 69.3 Å². The molecule has 14 aromatic rings. The molecule has 0 unspecified atom stereocenters. The summed E-state index contributed by atoms with van der Waals surface area (Å²) in [5.41, 5.74) is 8.53. The van der Waals surface area contributed by atoms with Crippen LogP contribution in [0.15, 0.2) is 249 Å². The molecule has 0 aliphatic carbocycles. The van der Waals surface area contributed by atoms with Gasteiger partial charge in [0.2, 0.25) is 11.9 Å². The largest absolute Gasteiger partial charge is 0.309 e. The van der Waals surface area contributed by atoms with Gasteiger partial charge in [0.1, 0.15) is 0 Å². The minimum Gasteiger partial charge on any atom is -0.309 e. The Bertz CT molecular complexity index is 4300. The summed E-state index contributed by atoms with van der Waals surface area (Å²) >= 11 is 0. The van der Waals surface area contributed by atoms with Crippen LogP contribution in [0.1, 0.15) is 0 Å². The Morgan fingerprint density at radius 2 is 0.722 bits per heavy atom. The third-order valence-electron chi connectivity index (χ3n) is 14.5. The summed E-state index contributed by atoms with van der Waals surface area (Å²) in [7, 11) is -2.81. The number of fused-ring (bicyclic) bond motifs is 9. The van der Waals surface area contributed by atoms with Crippen LogP contribution in [0.25, 0.3) is 99.2 Å². The van der Waals surface area contributed by atoms with Gasteiger partial charge >= 0.3 is 0 Å². The number of rotatable bonds is 8. The second-order valence-corrected chi connectivity index (χ2v) is 22.1. The van der Waals surface area contributed by atoms with Crippen LogP contribution in [-0.2, 0) is 0 Å². The normalized spacial score (nSPS) is 11.9. The maximum Gasteiger partial charge on any atom is 0.240 e. The average molecular weight is 936 g/mol. The Labute approximate surface area is 415 Å². The van der Waals surface area contributed by atoms with Crippen molar-refractivity contribution in [1.29, 1.82) is 0 Å². The van der Waals surface area contributed by atoms with Gasteiger partial charge in [0.25, 0.3) is 0 Å². The lowest BCUT2D eigenvalue weighted by Gasteiger charge is -2.34. The topological polar surface area (TPSA) is 57.8 Å². The quantitative estimate of drug-likeness (QED) is 0.0866. The molecule has 10 aromatic carbocycles. The first-order chi connectivity index (χ1) is 35.7. The van der Waals surface area contributed by atoms with Crippen LogP contribution in [0, 0.1) is 6.57 Å². The van der Waals surface area contributed by atoms with E-state index in [-0.39, 0.29) is 0 Å². The zero-order chi connectivity index (χ0) is 47.8. The Kier molecular flexibility index (Phi) is 9.46. The molecule has 0 saturated heterocycles. The van der Waals surface area contributed by atoms with Crippen molar-refractivity contribution in [2.24, 2.45) is 0 Å². The van der Waals surface area contributed by atoms with Crippen molar-refractivity contribution in [2.45, 2.75) is 0 Å². The molecular weight excluding hydrogens is 895 g/mol. The van der Waals surface area contributed by atoms with E-state index in [1.54, 1.807) is 0 Å². The van der Waals surface area contributed by atoms with Crippen molar-refractivity contribution in [2.75, 3.05) is 0 Å². The first-order valence-corrected chi connectivity index (χ1v) is 26.1. The van der Waals surface area contributed by atoms with E-state index in [2.05, 4.69) is 243 Å². The van der Waals surface area contributed by atoms with Crippen LogP contribution in [0.2, 0.25) is 0 Å². The van der Waals surface area contributed by atoms with Gasteiger partial charge in [-0.15, -0.1) is 0 Å². The van der Waals surface area contributed by atoms with Crippen LogP contribution in [0.3, 0.4) is 0 Å². The standard InChI is InChI=1S/C64H41N7Si/c1-65-44-35-39-54-52-27-13-17-31-58(52)71(61(54)41-44)64-67-62(43-33-37-49(38-34-43)72(46-19-5-2-6-20-46,47-21-7-3-8-22-47)48-23-9-4-10-24-48)66-63(68-64)70-59-32-18-14-28-53(59)55-42-45(36-40-60(55)70)69-56-29-15-11-25-50(56)51-26-12-16-30-57(51)69/h2-42H. The lowest BCUT2D eigenvalue weighted by Crippen LogP contribution is -2.74. The SMILES string of the molecule is [C-]#[N+]c1ccc2c3ccccc3n(-c3nc(-c4ccc([Si](c5ccccc5)(c5ccccc5)c5ccccc5)cc4)nc(-n4c5ccccc5c5cc(-n6c7ccccc7c7ccccc76)ccc54)n3)c2c1. The molecule has 4 aromatic heterocycles. The van der Waals surface area contributed by atoms with Crippen molar-refractivity contribution in [3.8, 4) is 29.0 Å². The minimum absolute atomic E-state index is 0.460. The molecule has 0 bridgehead atoms. The van der Waals surface area contributed by atoms with E-state index in [1.165, 1.54) is 31.5 Å². The molecule has 0 spiro atoms. The highest BCUT2D eigenvalue weighted by atomic mass is 28.3. The molecular formula is C64H41N7Si. The van der Waals surface area contributed by atoms with Gasteiger partial charge in [-0.2, -0.15) is 15.0 Å². The molecule has 8 heteroatoms. The van der Waals surface area contributed by atoms with Crippen molar-refractivity contribution in [1.82, 2.24) is 28.7 Å². The van der Waals surface area contributed by atoms with Crippen LogP contribution in [-0.4, -0.2) is 36.7 Å². The molecule has 14 rings (SSSR count). The van der Waals surface area contributed by atoms with Crippen LogP contribution >= 0.6 is 0 Å². The molecule has 0 aliphatic rings. The Balaban J connectivity index is 1.02. The highest BCUT2D eigenvalue weighted by Crippen LogP contribution is 2.38. The second-order valence-electron chi connectivity index (χ2n) is 18.3. The third kappa shape index (κ3) is 6.25. The van der Waals surface area contributed by atoms with Crippen molar-refractivity contribution in [3.63, 3.8) is 0 Å². The summed E-state index contributed by atoms with van der Waals surface area (Å²) in [4.78, 5) is 20.2. The van der Waals surface area contributed by atoms with E-state index in [9.17, 15) is 0 Å². The molecule has 72 heavy (non-hydrogen) atoms. The summed E-state index contributed by atoms with van der Waals surface area (Å²) in [5, 5.41) is 11.8. The fourth-order valence-electron chi connectivity index (χ4n) is 11.4. The predicted octanol–water partition coefficient (Wildman–Crippen LogP) is 12.8. The fraction of sp³-hybridized carbons (Fsp3) is 0. The van der Waals surface area contributed by atoms with E-state index >= 15 is 0 Å². The highest BCUT2D eigenvalue weighted by Gasteiger charge is 2.41. The van der Waals surface area contributed by atoms with Gasteiger partial charge in [0.05, 0.1) is 34.2 Å². The van der Waals surface area contributed by atoms with E-state index in [0.717, 1.165) is 65.9 Å². The first-order valence-electron chi connectivity index (χ1n) is 24.1. The summed E-state index contributed by atoms with van der Waals surface area (Å²) in [6, 6.07) is 88.5. The van der Waals surface area contributed by atoms with Crippen LogP contribution in [0.5, 0.6) is 0 Å². The zero-order valence-electron chi connectivity index (χ0n) is 38.8. The van der Waals surface area contributed by atoms with E-state index < -0.39 is 8.07 Å². The number of hydrogen-bond acceptors (Lipinski definition) is 3. The van der Waals surface area contributed by atoms with Gasteiger partial charge < -0.3 is 4.57 Å². The molecule has 0 atom stereocenters. The summed E-state index contributed by atoms with van der Waals surface area (Å²) in [6.07, 6.45) is 0. The lowest BCUT2D eigenvalue weighted by atomic mass is 10.1. The van der Waals surface area contributed by atoms with Gasteiger partial charge in [-0.1, -0.05) is 200 Å². The van der Waals surface area contributed by atoms with E-state index in [0.29, 0.717) is 23.4 Å². The summed E-state index contributed by atoms with van der Waals surface area (Å²) in [5.74, 6) is 1.48.